The van der Waals surface area contributed by atoms with Crippen LogP contribution in [0, 0.1) is 0 Å². The van der Waals surface area contributed by atoms with E-state index in [2.05, 4.69) is 19.6 Å². The van der Waals surface area contributed by atoms with Crippen LogP contribution in [0.25, 0.3) is 0 Å². The van der Waals surface area contributed by atoms with Crippen LogP contribution in [0.3, 0.4) is 0 Å². The first-order valence-corrected chi connectivity index (χ1v) is 6.22. The lowest BCUT2D eigenvalue weighted by molar-refractivity contribution is -0.145. The van der Waals surface area contributed by atoms with Crippen molar-refractivity contribution < 1.29 is 19.1 Å². The summed E-state index contributed by atoms with van der Waals surface area (Å²) in [4.78, 5) is 28.5. The van der Waals surface area contributed by atoms with Crippen molar-refractivity contribution in [1.82, 2.24) is 19.7 Å². The molecule has 20 heavy (non-hydrogen) atoms. The summed E-state index contributed by atoms with van der Waals surface area (Å²) in [6.45, 7) is 4.22. The minimum absolute atomic E-state index is 0.0173. The van der Waals surface area contributed by atoms with Crippen LogP contribution in [-0.2, 0) is 25.6 Å². The van der Waals surface area contributed by atoms with E-state index in [1.54, 1.807) is 9.58 Å². The molecule has 0 spiro atoms. The molecule has 8 heteroatoms. The highest BCUT2D eigenvalue weighted by molar-refractivity contribution is 5.74. The van der Waals surface area contributed by atoms with Gasteiger partial charge in [0.05, 0.1) is 33.9 Å². The third-order valence-corrected chi connectivity index (χ3v) is 2.66. The van der Waals surface area contributed by atoms with Crippen molar-refractivity contribution in [1.29, 1.82) is 0 Å². The maximum atomic E-state index is 11.4. The molecule has 0 saturated carbocycles. The van der Waals surface area contributed by atoms with E-state index in [9.17, 15) is 9.59 Å². The van der Waals surface area contributed by atoms with Gasteiger partial charge < -0.3 is 9.47 Å². The summed E-state index contributed by atoms with van der Waals surface area (Å²) in [7, 11) is 2.60. The van der Waals surface area contributed by atoms with Crippen molar-refractivity contribution in [2.24, 2.45) is 0 Å². The Bertz CT molecular complexity index is 440. The predicted octanol–water partition coefficient (Wildman–Crippen LogP) is 0.00700. The lowest BCUT2D eigenvalue weighted by Crippen LogP contribution is -2.36. The lowest BCUT2D eigenvalue weighted by atomic mass is 10.3. The summed E-state index contributed by atoms with van der Waals surface area (Å²) >= 11 is 0. The molecule has 8 nitrogen and oxygen atoms in total. The third-order valence-electron chi connectivity index (χ3n) is 2.66. The number of carbonyl (C=O) groups excluding carboxylic acids is 2. The van der Waals surface area contributed by atoms with Crippen molar-refractivity contribution in [3.05, 3.63) is 12.2 Å². The summed E-state index contributed by atoms with van der Waals surface area (Å²) in [5, 5.41) is 4.11. The molecule has 0 amide bonds. The second kappa shape index (κ2) is 7.59. The van der Waals surface area contributed by atoms with Crippen molar-refractivity contribution in [3.63, 3.8) is 0 Å². The number of methoxy groups -OCH3 is 2. The van der Waals surface area contributed by atoms with E-state index >= 15 is 0 Å². The van der Waals surface area contributed by atoms with E-state index in [0.717, 1.165) is 0 Å². The van der Waals surface area contributed by atoms with Crippen LogP contribution < -0.4 is 0 Å². The molecule has 0 fully saturated rings. The quantitative estimate of drug-likeness (QED) is 0.652. The Labute approximate surface area is 117 Å². The fourth-order valence-corrected chi connectivity index (χ4v) is 1.68. The van der Waals surface area contributed by atoms with Crippen LogP contribution in [0.1, 0.15) is 25.7 Å². The Morgan fingerprint density at radius 2 is 1.80 bits per heavy atom. The van der Waals surface area contributed by atoms with Gasteiger partial charge in [0, 0.05) is 6.04 Å². The molecule has 0 unspecified atom stereocenters. The maximum Gasteiger partial charge on any atom is 0.319 e. The van der Waals surface area contributed by atoms with Gasteiger partial charge in [0.2, 0.25) is 0 Å². The molecule has 0 N–H and O–H groups in total. The van der Waals surface area contributed by atoms with E-state index < -0.39 is 11.9 Å². The Morgan fingerprint density at radius 3 is 2.25 bits per heavy atom. The topological polar surface area (TPSA) is 86.6 Å². The molecule has 0 radical (unpaired) electrons. The molecule has 1 rings (SSSR count). The molecule has 0 aliphatic carbocycles. The van der Waals surface area contributed by atoms with Crippen LogP contribution in [0.2, 0.25) is 0 Å². The van der Waals surface area contributed by atoms with Crippen LogP contribution >= 0.6 is 0 Å². The molecule has 0 saturated heterocycles. The van der Waals surface area contributed by atoms with Crippen molar-refractivity contribution in [2.75, 3.05) is 27.3 Å². The lowest BCUT2D eigenvalue weighted by Gasteiger charge is -2.20. The summed E-state index contributed by atoms with van der Waals surface area (Å²) in [5.74, 6) is -0.179. The van der Waals surface area contributed by atoms with E-state index in [0.29, 0.717) is 12.4 Å². The molecule has 0 aliphatic rings. The second-order valence-corrected chi connectivity index (χ2v) is 4.51. The van der Waals surface area contributed by atoms with E-state index in [1.807, 2.05) is 13.8 Å². The highest BCUT2D eigenvalue weighted by Crippen LogP contribution is 2.08. The number of rotatable bonds is 7. The molecule has 0 atom stereocenters. The number of hydrogen-bond donors (Lipinski definition) is 0. The van der Waals surface area contributed by atoms with Crippen molar-refractivity contribution in [2.45, 2.75) is 26.4 Å². The molecule has 1 heterocycles. The van der Waals surface area contributed by atoms with E-state index in [-0.39, 0.29) is 19.1 Å². The Kier molecular flexibility index (Phi) is 6.10. The molecule has 1 aromatic heterocycles. The highest BCUT2D eigenvalue weighted by atomic mass is 16.5. The summed E-state index contributed by atoms with van der Waals surface area (Å²) in [6.07, 6.45) is 1.45. The minimum Gasteiger partial charge on any atom is -0.468 e. The van der Waals surface area contributed by atoms with Gasteiger partial charge in [0.1, 0.15) is 12.2 Å². The minimum atomic E-state index is -0.426. The molecule has 0 bridgehead atoms. The van der Waals surface area contributed by atoms with Crippen molar-refractivity contribution >= 4 is 11.9 Å². The Morgan fingerprint density at radius 1 is 1.25 bits per heavy atom. The first kappa shape index (κ1) is 16.1. The van der Waals surface area contributed by atoms with E-state index in [4.69, 9.17) is 0 Å². The maximum absolute atomic E-state index is 11.4. The normalized spacial score (nSPS) is 10.9. The summed E-state index contributed by atoms with van der Waals surface area (Å²) in [5.41, 5.74) is 0. The molecular weight excluding hydrogens is 264 g/mol. The second-order valence-electron chi connectivity index (χ2n) is 4.51. The monoisotopic (exact) mass is 284 g/mol. The van der Waals surface area contributed by atoms with Gasteiger partial charge in [-0.3, -0.25) is 14.5 Å². The van der Waals surface area contributed by atoms with Crippen LogP contribution in [0.5, 0.6) is 0 Å². The smallest absolute Gasteiger partial charge is 0.319 e. The van der Waals surface area contributed by atoms with Gasteiger partial charge in [-0.15, -0.1) is 0 Å². The number of carbonyl (C=O) groups is 2. The highest BCUT2D eigenvalue weighted by Gasteiger charge is 2.19. The van der Waals surface area contributed by atoms with Gasteiger partial charge in [-0.25, -0.2) is 9.67 Å². The number of esters is 2. The molecule has 1 aromatic rings. The Balaban J connectivity index is 2.79. The molecular formula is C12H20N4O4. The van der Waals surface area contributed by atoms with E-state index in [1.165, 1.54) is 20.5 Å². The third kappa shape index (κ3) is 4.61. The number of ether oxygens (including phenoxy) is 2. The van der Waals surface area contributed by atoms with Crippen LogP contribution in [0.15, 0.2) is 6.33 Å². The molecule has 0 aliphatic heterocycles. The summed E-state index contributed by atoms with van der Waals surface area (Å²) in [6, 6.07) is 0.144. The zero-order chi connectivity index (χ0) is 15.1. The molecule has 0 aromatic carbocycles. The van der Waals surface area contributed by atoms with Crippen LogP contribution in [0.4, 0.5) is 0 Å². The fourth-order valence-electron chi connectivity index (χ4n) is 1.68. The average Bonchev–Trinajstić information content (AvgIpc) is 2.86. The number of nitrogens with zero attached hydrogens (tertiary/aromatic N) is 4. The first-order chi connectivity index (χ1) is 9.47. The zero-order valence-corrected chi connectivity index (χ0v) is 12.2. The first-order valence-electron chi connectivity index (χ1n) is 6.22. The van der Waals surface area contributed by atoms with Gasteiger partial charge in [0.15, 0.2) is 0 Å². The van der Waals surface area contributed by atoms with Crippen molar-refractivity contribution in [3.8, 4) is 0 Å². The standard InChI is InChI=1S/C12H20N4O4/c1-9(2)16-10(13-8-14-16)5-15(6-11(17)19-3)7-12(18)20-4/h8-9H,5-7H2,1-4H3. The van der Waals surface area contributed by atoms with Crippen LogP contribution in [-0.4, -0.2) is 58.9 Å². The summed E-state index contributed by atoms with van der Waals surface area (Å²) < 4.78 is 11.0. The van der Waals surface area contributed by atoms with Gasteiger partial charge in [-0.1, -0.05) is 0 Å². The zero-order valence-electron chi connectivity index (χ0n) is 12.2. The van der Waals surface area contributed by atoms with Gasteiger partial charge >= 0.3 is 11.9 Å². The predicted molar refractivity (Wildman–Crippen MR) is 69.7 cm³/mol. The average molecular weight is 284 g/mol. The van der Waals surface area contributed by atoms with Gasteiger partial charge in [-0.05, 0) is 13.8 Å². The Hall–Kier alpha value is -1.96. The largest absolute Gasteiger partial charge is 0.468 e. The number of aromatic nitrogens is 3. The number of hydrogen-bond acceptors (Lipinski definition) is 7. The molecule has 112 valence electrons. The van der Waals surface area contributed by atoms with Gasteiger partial charge in [-0.2, -0.15) is 5.10 Å². The van der Waals surface area contributed by atoms with Gasteiger partial charge in [0.25, 0.3) is 0 Å². The SMILES string of the molecule is COC(=O)CN(CC(=O)OC)Cc1ncnn1C(C)C. The fraction of sp³-hybridized carbons (Fsp3) is 0.667.